The van der Waals surface area contributed by atoms with Gasteiger partial charge in [-0.15, -0.1) is 0 Å². The zero-order valence-corrected chi connectivity index (χ0v) is 21.3. The summed E-state index contributed by atoms with van der Waals surface area (Å²) in [5, 5.41) is 26.3. The molecule has 37 heavy (non-hydrogen) atoms. The minimum absolute atomic E-state index is 0.0530. The Morgan fingerprint density at radius 1 is 1.00 bits per heavy atom. The van der Waals surface area contributed by atoms with Crippen LogP contribution in [-0.4, -0.2) is 52.3 Å². The lowest BCUT2D eigenvalue weighted by Gasteiger charge is -2.35. The van der Waals surface area contributed by atoms with Crippen molar-refractivity contribution in [2.75, 3.05) is 6.54 Å². The first-order chi connectivity index (χ1) is 17.7. The van der Waals surface area contributed by atoms with Crippen molar-refractivity contribution in [3.63, 3.8) is 0 Å². The summed E-state index contributed by atoms with van der Waals surface area (Å²) in [7, 11) is 0. The van der Waals surface area contributed by atoms with Crippen LogP contribution < -0.4 is 10.6 Å². The lowest BCUT2D eigenvalue weighted by Crippen LogP contribution is -2.42. The van der Waals surface area contributed by atoms with Gasteiger partial charge in [-0.3, -0.25) is 19.2 Å². The quantitative estimate of drug-likeness (QED) is 0.317. The number of nitrogens with one attached hydrogen (secondary N) is 2. The fourth-order valence-corrected chi connectivity index (χ4v) is 7.84. The number of allylic oxidation sites excluding steroid dienone is 5. The van der Waals surface area contributed by atoms with Gasteiger partial charge in [0.25, 0.3) is 5.91 Å². The number of aliphatic hydroxyl groups excluding tert-OH is 2. The van der Waals surface area contributed by atoms with E-state index in [0.29, 0.717) is 24.2 Å². The standard InChI is InChI=1S/C29H36N2O6/c1-14-12-20-19(25(14)15(2)32)8-7-18-17-4-3-5-24(35)30-11-10-23(34)27-28(36)26(29(37)31-27)22(33)9-6-16(17)13-21(18)20/h3,5-9,14,16-21,23,25,27,33-34H,4,10-13H2,1-2H3,(H,30,35)(H,31,37)/b5-3-,9-6-,26-22-/t14-,16-,17+,18-,19-,20+,21+,23+,25+,27+/m1/s1. The summed E-state index contributed by atoms with van der Waals surface area (Å²) in [6.45, 7) is 4.01. The van der Waals surface area contributed by atoms with Gasteiger partial charge < -0.3 is 20.8 Å². The molecular formula is C29H36N2O6. The Hall–Kier alpha value is -3.00. The number of amides is 2. The number of carbonyl (C=O) groups is 4. The maximum Gasteiger partial charge on any atom is 0.259 e. The molecule has 2 amide bonds. The predicted octanol–water partition coefficient (Wildman–Crippen LogP) is 2.16. The van der Waals surface area contributed by atoms with Gasteiger partial charge in [0.05, 0.1) is 6.10 Å². The lowest BCUT2D eigenvalue weighted by molar-refractivity contribution is -0.123. The topological polar surface area (TPSA) is 133 Å². The van der Waals surface area contributed by atoms with Gasteiger partial charge in [-0.25, -0.2) is 0 Å². The molecule has 5 aliphatic rings. The van der Waals surface area contributed by atoms with Crippen molar-refractivity contribution in [3.8, 4) is 0 Å². The van der Waals surface area contributed by atoms with E-state index in [1.165, 1.54) is 12.2 Å². The highest BCUT2D eigenvalue weighted by atomic mass is 16.3. The molecule has 1 saturated heterocycles. The molecule has 3 fully saturated rings. The smallest absolute Gasteiger partial charge is 0.259 e. The third-order valence-electron chi connectivity index (χ3n) is 9.43. The number of fused-ring (bicyclic) bond motifs is 7. The normalized spacial score (nSPS) is 45.4. The minimum Gasteiger partial charge on any atom is -0.507 e. The second-order valence-corrected chi connectivity index (χ2v) is 11.5. The van der Waals surface area contributed by atoms with E-state index in [1.54, 1.807) is 6.92 Å². The maximum atomic E-state index is 12.8. The van der Waals surface area contributed by atoms with Gasteiger partial charge in [0.2, 0.25) is 5.91 Å². The summed E-state index contributed by atoms with van der Waals surface area (Å²) < 4.78 is 0. The van der Waals surface area contributed by atoms with Crippen LogP contribution in [0.4, 0.5) is 0 Å². The number of aliphatic hydroxyl groups is 2. The third-order valence-corrected chi connectivity index (χ3v) is 9.43. The zero-order chi connectivity index (χ0) is 26.4. The summed E-state index contributed by atoms with van der Waals surface area (Å²) in [4.78, 5) is 50.1. The molecule has 0 unspecified atom stereocenters. The van der Waals surface area contributed by atoms with E-state index < -0.39 is 23.8 Å². The number of rotatable bonds is 1. The van der Waals surface area contributed by atoms with Gasteiger partial charge >= 0.3 is 0 Å². The first-order valence-corrected chi connectivity index (χ1v) is 13.4. The van der Waals surface area contributed by atoms with Crippen LogP contribution in [-0.2, 0) is 19.2 Å². The Labute approximate surface area is 217 Å². The van der Waals surface area contributed by atoms with Crippen LogP contribution in [0.1, 0.15) is 39.5 Å². The monoisotopic (exact) mass is 508 g/mol. The van der Waals surface area contributed by atoms with Gasteiger partial charge in [-0.1, -0.05) is 31.2 Å². The van der Waals surface area contributed by atoms with E-state index in [9.17, 15) is 29.4 Å². The van der Waals surface area contributed by atoms with E-state index in [1.807, 2.05) is 12.2 Å². The SMILES string of the molecule is CC(=O)[C@H]1[C@@H]2C=C[C@@H]3[C@H]4C/C=C\C(=O)NCC[C@H](O)[C@@H]5NC(=O)/C(=C(O)/C=C\[C@@H]4C[C@@H]3[C@H]2C[C@H]1C)C5=O. The average molecular weight is 509 g/mol. The second-order valence-electron chi connectivity index (χ2n) is 11.5. The second kappa shape index (κ2) is 10.0. The van der Waals surface area contributed by atoms with Crippen LogP contribution in [0.3, 0.4) is 0 Å². The number of Topliss-reactive ketones (excluding diaryl/α,β-unsaturated/α-hetero) is 2. The largest absolute Gasteiger partial charge is 0.507 e. The number of hydrogen-bond acceptors (Lipinski definition) is 6. The van der Waals surface area contributed by atoms with Gasteiger partial charge in [0.15, 0.2) is 5.78 Å². The Balaban J connectivity index is 1.47. The summed E-state index contributed by atoms with van der Waals surface area (Å²) in [5.41, 5.74) is -0.336. The molecule has 0 radical (unpaired) electrons. The van der Waals surface area contributed by atoms with Gasteiger partial charge in [0, 0.05) is 12.5 Å². The Bertz CT molecular complexity index is 1120. The van der Waals surface area contributed by atoms with Crippen LogP contribution in [0.25, 0.3) is 0 Å². The predicted molar refractivity (Wildman–Crippen MR) is 136 cm³/mol. The Morgan fingerprint density at radius 3 is 2.49 bits per heavy atom. The van der Waals surface area contributed by atoms with E-state index in [0.717, 1.165) is 12.8 Å². The fraction of sp³-hybridized carbons (Fsp3) is 0.586. The van der Waals surface area contributed by atoms with Crippen molar-refractivity contribution in [3.05, 3.63) is 47.8 Å². The first-order valence-electron chi connectivity index (χ1n) is 13.4. The average Bonchev–Trinajstić information content (AvgIpc) is 3.47. The summed E-state index contributed by atoms with van der Waals surface area (Å²) in [6, 6.07) is -1.15. The molecule has 0 aromatic heterocycles. The Morgan fingerprint density at radius 2 is 1.73 bits per heavy atom. The van der Waals surface area contributed by atoms with Crippen molar-refractivity contribution in [1.29, 1.82) is 0 Å². The number of ketones is 2. The van der Waals surface area contributed by atoms with E-state index in [2.05, 4.69) is 29.7 Å². The molecule has 198 valence electrons. The highest BCUT2D eigenvalue weighted by molar-refractivity contribution is 6.27. The number of carbonyl (C=O) groups excluding carboxylic acids is 4. The van der Waals surface area contributed by atoms with E-state index >= 15 is 0 Å². The molecule has 10 atom stereocenters. The molecule has 3 aliphatic carbocycles. The van der Waals surface area contributed by atoms with Crippen LogP contribution in [0.15, 0.2) is 47.8 Å². The van der Waals surface area contributed by atoms with Crippen molar-refractivity contribution in [1.82, 2.24) is 10.6 Å². The molecule has 4 N–H and O–H groups in total. The van der Waals surface area contributed by atoms with Crippen LogP contribution in [0, 0.1) is 47.3 Å². The van der Waals surface area contributed by atoms with Gasteiger partial charge in [-0.2, -0.15) is 0 Å². The van der Waals surface area contributed by atoms with Crippen LogP contribution >= 0.6 is 0 Å². The Kier molecular flexibility index (Phi) is 6.96. The molecule has 8 heteroatoms. The van der Waals surface area contributed by atoms with Crippen molar-refractivity contribution < 1.29 is 29.4 Å². The highest BCUT2D eigenvalue weighted by Crippen LogP contribution is 2.58. The molecule has 2 heterocycles. The molecule has 2 bridgehead atoms. The highest BCUT2D eigenvalue weighted by Gasteiger charge is 2.53. The lowest BCUT2D eigenvalue weighted by atomic mass is 9.69. The van der Waals surface area contributed by atoms with Crippen molar-refractivity contribution >= 4 is 23.4 Å². The molecule has 2 aliphatic heterocycles. The summed E-state index contributed by atoms with van der Waals surface area (Å²) in [5.74, 6) is 0.217. The van der Waals surface area contributed by atoms with E-state index in [4.69, 9.17) is 0 Å². The van der Waals surface area contributed by atoms with Gasteiger partial charge in [-0.05, 0) is 86.2 Å². The van der Waals surface area contributed by atoms with E-state index in [-0.39, 0.29) is 65.6 Å². The molecule has 0 spiro atoms. The van der Waals surface area contributed by atoms with Gasteiger partial charge in [0.1, 0.15) is 23.2 Å². The summed E-state index contributed by atoms with van der Waals surface area (Å²) >= 11 is 0. The number of hydrogen-bond donors (Lipinski definition) is 4. The van der Waals surface area contributed by atoms with Crippen LogP contribution in [0.2, 0.25) is 0 Å². The molecule has 2 saturated carbocycles. The zero-order valence-electron chi connectivity index (χ0n) is 21.3. The maximum absolute atomic E-state index is 12.8. The first kappa shape index (κ1) is 25.6. The molecule has 0 aromatic carbocycles. The fourth-order valence-electron chi connectivity index (χ4n) is 7.84. The molecule has 0 aromatic rings. The molecule has 8 nitrogen and oxygen atoms in total. The molecule has 5 rings (SSSR count). The minimum atomic E-state index is -1.18. The van der Waals surface area contributed by atoms with Crippen molar-refractivity contribution in [2.45, 2.75) is 51.7 Å². The molecular weight excluding hydrogens is 472 g/mol. The summed E-state index contributed by atoms with van der Waals surface area (Å²) in [6.07, 6.45) is 12.7. The van der Waals surface area contributed by atoms with Crippen molar-refractivity contribution in [2.24, 2.45) is 47.3 Å². The third kappa shape index (κ3) is 4.60. The van der Waals surface area contributed by atoms with Crippen LogP contribution in [0.5, 0.6) is 0 Å².